The first-order valence-corrected chi connectivity index (χ1v) is 10.7. The van der Waals surface area contributed by atoms with E-state index in [-0.39, 0.29) is 11.8 Å². The van der Waals surface area contributed by atoms with Gasteiger partial charge < -0.3 is 15.5 Å². The topological polar surface area (TPSA) is 83.0 Å². The zero-order valence-electron chi connectivity index (χ0n) is 17.1. The zero-order valence-corrected chi connectivity index (χ0v) is 17.1. The van der Waals surface area contributed by atoms with Gasteiger partial charge in [-0.25, -0.2) is 9.97 Å². The third kappa shape index (κ3) is 5.09. The van der Waals surface area contributed by atoms with Crippen molar-refractivity contribution in [1.82, 2.24) is 25.6 Å². The number of nitrogens with one attached hydrogen (secondary N) is 2. The number of piperidine rings is 2. The summed E-state index contributed by atoms with van der Waals surface area (Å²) >= 11 is 0. The number of pyridine rings is 1. The van der Waals surface area contributed by atoms with Crippen LogP contribution in [0, 0.1) is 12.8 Å². The Bertz CT molecular complexity index is 813. The molecule has 0 radical (unpaired) electrons. The minimum absolute atomic E-state index is 0.0555. The predicted molar refractivity (Wildman–Crippen MR) is 113 cm³/mol. The number of aryl methyl sites for hydroxylation is 1. The molecule has 2 saturated heterocycles. The van der Waals surface area contributed by atoms with Crippen LogP contribution >= 0.6 is 0 Å². The summed E-state index contributed by atoms with van der Waals surface area (Å²) in [7, 11) is 0. The smallest absolute Gasteiger partial charge is 0.223 e. The summed E-state index contributed by atoms with van der Waals surface area (Å²) < 4.78 is 0. The Morgan fingerprint density at radius 3 is 2.83 bits per heavy atom. The first-order valence-electron chi connectivity index (χ1n) is 10.7. The van der Waals surface area contributed by atoms with Gasteiger partial charge in [-0.3, -0.25) is 9.78 Å². The van der Waals surface area contributed by atoms with E-state index in [1.807, 2.05) is 25.1 Å². The molecular formula is C22H30N6O. The first kappa shape index (κ1) is 19.8. The summed E-state index contributed by atoms with van der Waals surface area (Å²) in [5, 5.41) is 6.50. The minimum atomic E-state index is 0.0555. The molecule has 2 N–H and O–H groups in total. The monoisotopic (exact) mass is 394 g/mol. The highest BCUT2D eigenvalue weighted by molar-refractivity contribution is 5.78. The van der Waals surface area contributed by atoms with Crippen LogP contribution in [0.25, 0.3) is 0 Å². The van der Waals surface area contributed by atoms with E-state index < -0.39 is 0 Å². The van der Waals surface area contributed by atoms with E-state index in [1.54, 1.807) is 6.20 Å². The number of aromatic nitrogens is 3. The maximum Gasteiger partial charge on any atom is 0.223 e. The summed E-state index contributed by atoms with van der Waals surface area (Å²) in [5.41, 5.74) is 2.04. The van der Waals surface area contributed by atoms with Gasteiger partial charge in [-0.05, 0) is 51.3 Å². The quantitative estimate of drug-likeness (QED) is 0.809. The number of amides is 1. The van der Waals surface area contributed by atoms with Gasteiger partial charge in [0.15, 0.2) is 0 Å². The third-order valence-electron chi connectivity index (χ3n) is 5.92. The fourth-order valence-corrected chi connectivity index (χ4v) is 4.25. The molecule has 1 atom stereocenters. The van der Waals surface area contributed by atoms with Crippen molar-refractivity contribution in [3.05, 3.63) is 47.7 Å². The molecule has 7 nitrogen and oxygen atoms in total. The summed E-state index contributed by atoms with van der Waals surface area (Å²) in [6, 6.07) is 7.91. The van der Waals surface area contributed by atoms with Crippen LogP contribution < -0.4 is 15.5 Å². The standard InChI is InChI=1S/C22H30N6O/c1-16-26-20(18-5-4-9-23-14-18)13-21(27-16)28-11-7-17(8-12-28)22(29)25-15-19-6-2-3-10-24-19/h2-3,6,10,13,17-18,23H,4-5,7-9,11-12,14-15H2,1H3,(H,25,29). The van der Waals surface area contributed by atoms with Crippen molar-refractivity contribution in [3.63, 3.8) is 0 Å². The van der Waals surface area contributed by atoms with Crippen LogP contribution in [0.5, 0.6) is 0 Å². The maximum absolute atomic E-state index is 12.5. The molecule has 0 bridgehead atoms. The fourth-order valence-electron chi connectivity index (χ4n) is 4.25. The number of hydrogen-bond donors (Lipinski definition) is 2. The highest BCUT2D eigenvalue weighted by Gasteiger charge is 2.26. The normalized spacial score (nSPS) is 20.4. The molecule has 0 aliphatic carbocycles. The largest absolute Gasteiger partial charge is 0.356 e. The Morgan fingerprint density at radius 2 is 2.10 bits per heavy atom. The molecule has 4 heterocycles. The van der Waals surface area contributed by atoms with Gasteiger partial charge >= 0.3 is 0 Å². The molecule has 2 aromatic rings. The minimum Gasteiger partial charge on any atom is -0.356 e. The third-order valence-corrected chi connectivity index (χ3v) is 5.92. The Balaban J connectivity index is 1.33. The van der Waals surface area contributed by atoms with E-state index in [0.29, 0.717) is 12.5 Å². The van der Waals surface area contributed by atoms with Crippen LogP contribution in [0.15, 0.2) is 30.5 Å². The zero-order chi connectivity index (χ0) is 20.1. The summed E-state index contributed by atoms with van der Waals surface area (Å²) in [6.45, 7) is 6.25. The Labute approximate surface area is 172 Å². The average Bonchev–Trinajstić information content (AvgIpc) is 2.78. The van der Waals surface area contributed by atoms with Gasteiger partial charge in [-0.15, -0.1) is 0 Å². The van der Waals surface area contributed by atoms with Crippen molar-refractivity contribution < 1.29 is 4.79 Å². The van der Waals surface area contributed by atoms with Gasteiger partial charge in [-0.1, -0.05) is 6.07 Å². The lowest BCUT2D eigenvalue weighted by atomic mass is 9.94. The molecule has 0 spiro atoms. The Kier molecular flexibility index (Phi) is 6.34. The molecular weight excluding hydrogens is 364 g/mol. The van der Waals surface area contributed by atoms with Crippen molar-refractivity contribution in [2.45, 2.75) is 45.1 Å². The van der Waals surface area contributed by atoms with Crippen molar-refractivity contribution in [3.8, 4) is 0 Å². The van der Waals surface area contributed by atoms with Crippen LogP contribution in [-0.2, 0) is 11.3 Å². The van der Waals surface area contributed by atoms with Crippen LogP contribution in [0.2, 0.25) is 0 Å². The van der Waals surface area contributed by atoms with Crippen molar-refractivity contribution in [1.29, 1.82) is 0 Å². The lowest BCUT2D eigenvalue weighted by Crippen LogP contribution is -2.41. The summed E-state index contributed by atoms with van der Waals surface area (Å²) in [5.74, 6) is 2.49. The molecule has 154 valence electrons. The number of hydrogen-bond acceptors (Lipinski definition) is 6. The molecule has 2 aliphatic heterocycles. The Hall–Kier alpha value is -2.54. The van der Waals surface area contributed by atoms with Gasteiger partial charge in [0.1, 0.15) is 11.6 Å². The first-order chi connectivity index (χ1) is 14.2. The number of nitrogens with zero attached hydrogens (tertiary/aromatic N) is 4. The van der Waals surface area contributed by atoms with E-state index in [1.165, 1.54) is 12.8 Å². The molecule has 2 aromatic heterocycles. The maximum atomic E-state index is 12.5. The van der Waals surface area contributed by atoms with Gasteiger partial charge in [0.2, 0.25) is 5.91 Å². The Morgan fingerprint density at radius 1 is 1.24 bits per heavy atom. The number of anilines is 1. The van der Waals surface area contributed by atoms with Crippen LogP contribution in [0.3, 0.4) is 0 Å². The van der Waals surface area contributed by atoms with Crippen molar-refractivity contribution in [2.24, 2.45) is 5.92 Å². The number of carbonyl (C=O) groups excluding carboxylic acids is 1. The summed E-state index contributed by atoms with van der Waals surface area (Å²) in [4.78, 5) is 28.5. The number of rotatable bonds is 5. The van der Waals surface area contributed by atoms with Crippen molar-refractivity contribution in [2.75, 3.05) is 31.1 Å². The highest BCUT2D eigenvalue weighted by Crippen LogP contribution is 2.27. The van der Waals surface area contributed by atoms with E-state index in [0.717, 1.165) is 62.1 Å². The second-order valence-electron chi connectivity index (χ2n) is 8.04. The molecule has 7 heteroatoms. The molecule has 2 fully saturated rings. The lowest BCUT2D eigenvalue weighted by molar-refractivity contribution is -0.125. The summed E-state index contributed by atoms with van der Waals surface area (Å²) in [6.07, 6.45) is 5.82. The highest BCUT2D eigenvalue weighted by atomic mass is 16.1. The van der Waals surface area contributed by atoms with Gasteiger partial charge in [0, 0.05) is 43.7 Å². The molecule has 29 heavy (non-hydrogen) atoms. The van der Waals surface area contributed by atoms with Gasteiger partial charge in [-0.2, -0.15) is 0 Å². The van der Waals surface area contributed by atoms with E-state index in [9.17, 15) is 4.79 Å². The van der Waals surface area contributed by atoms with Gasteiger partial charge in [0.25, 0.3) is 0 Å². The predicted octanol–water partition coefficient (Wildman–Crippen LogP) is 2.18. The van der Waals surface area contributed by atoms with E-state index in [2.05, 4.69) is 31.6 Å². The van der Waals surface area contributed by atoms with Crippen LogP contribution in [0.4, 0.5) is 5.82 Å². The van der Waals surface area contributed by atoms with Crippen LogP contribution in [0.1, 0.15) is 48.8 Å². The molecule has 0 saturated carbocycles. The molecule has 2 aliphatic rings. The fraction of sp³-hybridized carbons (Fsp3) is 0.545. The second-order valence-corrected chi connectivity index (χ2v) is 8.04. The number of carbonyl (C=O) groups is 1. The van der Waals surface area contributed by atoms with Crippen LogP contribution in [-0.4, -0.2) is 47.0 Å². The second kappa shape index (κ2) is 9.31. The van der Waals surface area contributed by atoms with E-state index >= 15 is 0 Å². The van der Waals surface area contributed by atoms with Crippen molar-refractivity contribution >= 4 is 11.7 Å². The molecule has 1 amide bonds. The van der Waals surface area contributed by atoms with E-state index in [4.69, 9.17) is 4.98 Å². The average molecular weight is 395 g/mol. The molecule has 4 rings (SSSR count). The molecule has 1 unspecified atom stereocenters. The molecule has 0 aromatic carbocycles. The lowest BCUT2D eigenvalue weighted by Gasteiger charge is -2.33. The SMILES string of the molecule is Cc1nc(C2CCCNC2)cc(N2CCC(C(=O)NCc3ccccn3)CC2)n1. The van der Waals surface area contributed by atoms with Gasteiger partial charge in [0.05, 0.1) is 17.9 Å².